The van der Waals surface area contributed by atoms with Gasteiger partial charge in [0, 0.05) is 31.3 Å². The molecule has 0 N–H and O–H groups in total. The summed E-state index contributed by atoms with van der Waals surface area (Å²) in [6.07, 6.45) is 6.27. The van der Waals surface area contributed by atoms with E-state index in [0.717, 1.165) is 30.7 Å². The van der Waals surface area contributed by atoms with Crippen molar-refractivity contribution in [2.75, 3.05) is 17.7 Å². The highest BCUT2D eigenvalue weighted by Gasteiger charge is 2.31. The van der Waals surface area contributed by atoms with Crippen LogP contribution >= 0.6 is 0 Å². The average molecular weight is 347 g/mol. The number of aromatic nitrogens is 1. The molecule has 1 saturated heterocycles. The summed E-state index contributed by atoms with van der Waals surface area (Å²) < 4.78 is 23.4. The Morgan fingerprint density at radius 2 is 2.12 bits per heavy atom. The fourth-order valence-corrected chi connectivity index (χ4v) is 3.74. The number of sulfone groups is 1. The summed E-state index contributed by atoms with van der Waals surface area (Å²) in [6, 6.07) is 7.89. The lowest BCUT2D eigenvalue weighted by molar-refractivity contribution is -0.384. The molecule has 126 valence electrons. The zero-order chi connectivity index (χ0) is 17.3. The van der Waals surface area contributed by atoms with Crippen LogP contribution in [-0.2, 0) is 9.84 Å². The maximum absolute atomic E-state index is 11.7. The first-order chi connectivity index (χ1) is 11.4. The number of nitrogens with zero attached hydrogens (tertiary/aromatic N) is 3. The second-order valence-corrected chi connectivity index (χ2v) is 7.83. The van der Waals surface area contributed by atoms with Gasteiger partial charge in [0.2, 0.25) is 0 Å². The van der Waals surface area contributed by atoms with Crippen molar-refractivity contribution in [3.05, 3.63) is 58.4 Å². The summed E-state index contributed by atoms with van der Waals surface area (Å²) in [5, 5.41) is 11.5. The number of hydrogen-bond acceptors (Lipinski definition) is 6. The molecule has 0 bridgehead atoms. The molecule has 2 heterocycles. The van der Waals surface area contributed by atoms with Crippen LogP contribution in [0.4, 0.5) is 11.4 Å². The van der Waals surface area contributed by atoms with Crippen LogP contribution in [0.15, 0.2) is 47.6 Å². The smallest absolute Gasteiger partial charge is 0.293 e. The van der Waals surface area contributed by atoms with Gasteiger partial charge in [0.15, 0.2) is 9.84 Å². The molecule has 0 spiro atoms. The first kappa shape index (κ1) is 16.4. The van der Waals surface area contributed by atoms with E-state index in [0.29, 0.717) is 12.2 Å². The summed E-state index contributed by atoms with van der Waals surface area (Å²) in [5.74, 6) is 0. The number of nitro groups is 1. The van der Waals surface area contributed by atoms with Crippen LogP contribution in [0.5, 0.6) is 0 Å². The molecule has 2 aromatic rings. The summed E-state index contributed by atoms with van der Waals surface area (Å²) in [4.78, 5) is 17.0. The zero-order valence-corrected chi connectivity index (χ0v) is 13.9. The van der Waals surface area contributed by atoms with Gasteiger partial charge in [-0.05, 0) is 36.6 Å². The van der Waals surface area contributed by atoms with Crippen LogP contribution in [0.2, 0.25) is 0 Å². The summed E-state index contributed by atoms with van der Waals surface area (Å²) in [6.45, 7) is 0.679. The minimum Gasteiger partial charge on any atom is -0.359 e. The summed E-state index contributed by atoms with van der Waals surface area (Å²) in [7, 11) is -3.50. The summed E-state index contributed by atoms with van der Waals surface area (Å²) in [5.41, 5.74) is 1.25. The molecule has 0 saturated carbocycles. The predicted octanol–water partition coefficient (Wildman–Crippen LogP) is 2.73. The molecule has 0 aliphatic carbocycles. The number of rotatable bonds is 4. The van der Waals surface area contributed by atoms with Crippen molar-refractivity contribution in [1.29, 1.82) is 0 Å². The van der Waals surface area contributed by atoms with Gasteiger partial charge >= 0.3 is 0 Å². The van der Waals surface area contributed by atoms with Gasteiger partial charge in [0.1, 0.15) is 5.69 Å². The Morgan fingerprint density at radius 1 is 1.33 bits per heavy atom. The lowest BCUT2D eigenvalue weighted by Gasteiger charge is -2.26. The third kappa shape index (κ3) is 3.09. The molecule has 1 unspecified atom stereocenters. The molecule has 1 aromatic carbocycles. The van der Waals surface area contributed by atoms with E-state index in [9.17, 15) is 18.5 Å². The highest BCUT2D eigenvalue weighted by atomic mass is 32.2. The fourth-order valence-electron chi connectivity index (χ4n) is 3.10. The van der Waals surface area contributed by atoms with Gasteiger partial charge in [-0.2, -0.15) is 0 Å². The molecular formula is C16H17N3O4S. The Morgan fingerprint density at radius 3 is 2.75 bits per heavy atom. The highest BCUT2D eigenvalue weighted by molar-refractivity contribution is 7.90. The Bertz CT molecular complexity index is 868. The molecule has 1 atom stereocenters. The zero-order valence-electron chi connectivity index (χ0n) is 13.1. The van der Waals surface area contributed by atoms with Crippen molar-refractivity contribution in [2.24, 2.45) is 0 Å². The number of nitro benzene ring substituents is 1. The third-order valence-corrected chi connectivity index (χ3v) is 5.31. The van der Waals surface area contributed by atoms with Crippen molar-refractivity contribution in [3.8, 4) is 0 Å². The topological polar surface area (TPSA) is 93.4 Å². The highest BCUT2D eigenvalue weighted by Crippen LogP contribution is 2.40. The van der Waals surface area contributed by atoms with Crippen molar-refractivity contribution in [3.63, 3.8) is 0 Å². The standard InChI is InChI=1S/C16H17N3O4S/c1-24(22,23)13-6-7-15(16(10-13)19(20)21)18-9-3-5-14(18)12-4-2-8-17-11-12/h2,4,6-8,10-11,14H,3,5,9H2,1H3. The van der Waals surface area contributed by atoms with E-state index in [1.807, 2.05) is 17.0 Å². The lowest BCUT2D eigenvalue weighted by atomic mass is 10.1. The normalized spacial score (nSPS) is 17.9. The molecule has 1 fully saturated rings. The van der Waals surface area contributed by atoms with Gasteiger partial charge < -0.3 is 4.90 Å². The van der Waals surface area contributed by atoms with E-state index in [1.165, 1.54) is 12.1 Å². The molecule has 0 amide bonds. The number of benzene rings is 1. The first-order valence-corrected chi connectivity index (χ1v) is 9.42. The van der Waals surface area contributed by atoms with Gasteiger partial charge in [0.25, 0.3) is 5.69 Å². The number of anilines is 1. The summed E-state index contributed by atoms with van der Waals surface area (Å²) >= 11 is 0. The van der Waals surface area contributed by atoms with Crippen molar-refractivity contribution in [1.82, 2.24) is 4.98 Å². The molecule has 3 rings (SSSR count). The predicted molar refractivity (Wildman–Crippen MR) is 89.8 cm³/mol. The van der Waals surface area contributed by atoms with Crippen molar-refractivity contribution >= 4 is 21.2 Å². The SMILES string of the molecule is CS(=O)(=O)c1ccc(N2CCCC2c2cccnc2)c([N+](=O)[O-])c1. The van der Waals surface area contributed by atoms with Gasteiger partial charge in [-0.3, -0.25) is 15.1 Å². The molecule has 1 aromatic heterocycles. The Hall–Kier alpha value is -2.48. The Labute approximate surface area is 140 Å². The lowest BCUT2D eigenvalue weighted by Crippen LogP contribution is -2.23. The molecular weight excluding hydrogens is 330 g/mol. The van der Waals surface area contributed by atoms with Crippen LogP contribution in [0.1, 0.15) is 24.4 Å². The number of pyridine rings is 1. The second kappa shape index (κ2) is 6.20. The number of hydrogen-bond donors (Lipinski definition) is 0. The largest absolute Gasteiger partial charge is 0.359 e. The van der Waals surface area contributed by atoms with Crippen molar-refractivity contribution < 1.29 is 13.3 Å². The maximum atomic E-state index is 11.7. The molecule has 24 heavy (non-hydrogen) atoms. The third-order valence-electron chi connectivity index (χ3n) is 4.20. The van der Waals surface area contributed by atoms with Gasteiger partial charge in [0.05, 0.1) is 15.9 Å². The van der Waals surface area contributed by atoms with Crippen LogP contribution in [0, 0.1) is 10.1 Å². The molecule has 8 heteroatoms. The van der Waals surface area contributed by atoms with Gasteiger partial charge in [-0.25, -0.2) is 8.42 Å². The quantitative estimate of drug-likeness (QED) is 0.623. The van der Waals surface area contributed by atoms with Crippen molar-refractivity contribution in [2.45, 2.75) is 23.8 Å². The van der Waals surface area contributed by atoms with E-state index < -0.39 is 14.8 Å². The minimum absolute atomic E-state index is 0.00137. The second-order valence-electron chi connectivity index (χ2n) is 5.82. The van der Waals surface area contributed by atoms with Crippen LogP contribution in [-0.4, -0.2) is 31.1 Å². The minimum atomic E-state index is -3.50. The van der Waals surface area contributed by atoms with Crippen LogP contribution in [0.25, 0.3) is 0 Å². The molecule has 0 radical (unpaired) electrons. The Balaban J connectivity index is 2.06. The van der Waals surface area contributed by atoms with E-state index >= 15 is 0 Å². The van der Waals surface area contributed by atoms with E-state index in [1.54, 1.807) is 12.4 Å². The molecule has 1 aliphatic heterocycles. The maximum Gasteiger partial charge on any atom is 0.293 e. The molecule has 7 nitrogen and oxygen atoms in total. The van der Waals surface area contributed by atoms with Gasteiger partial charge in [-0.15, -0.1) is 0 Å². The Kier molecular flexibility index (Phi) is 4.23. The van der Waals surface area contributed by atoms with Gasteiger partial charge in [-0.1, -0.05) is 6.07 Å². The van der Waals surface area contributed by atoms with E-state index in [-0.39, 0.29) is 16.6 Å². The van der Waals surface area contributed by atoms with Crippen LogP contribution in [0.3, 0.4) is 0 Å². The first-order valence-electron chi connectivity index (χ1n) is 7.53. The van der Waals surface area contributed by atoms with Crippen LogP contribution < -0.4 is 4.90 Å². The van der Waals surface area contributed by atoms with E-state index in [4.69, 9.17) is 0 Å². The average Bonchev–Trinajstić information content (AvgIpc) is 3.03. The molecule has 1 aliphatic rings. The van der Waals surface area contributed by atoms with E-state index in [2.05, 4.69) is 4.98 Å². The fraction of sp³-hybridized carbons (Fsp3) is 0.312. The monoisotopic (exact) mass is 347 g/mol.